The van der Waals surface area contributed by atoms with Crippen LogP contribution in [0.25, 0.3) is 0 Å². The second-order valence-electron chi connectivity index (χ2n) is 2.97. The van der Waals surface area contributed by atoms with Crippen LogP contribution in [0, 0.1) is 0 Å². The maximum absolute atomic E-state index is 11.6. The summed E-state index contributed by atoms with van der Waals surface area (Å²) in [6, 6.07) is 3.16. The monoisotopic (exact) mass is 246 g/mol. The van der Waals surface area contributed by atoms with E-state index in [2.05, 4.69) is 0 Å². The van der Waals surface area contributed by atoms with Crippen LogP contribution >= 0.6 is 23.2 Å². The molecule has 1 rings (SSSR count). The maximum atomic E-state index is 11.6. The summed E-state index contributed by atoms with van der Waals surface area (Å²) >= 11 is 11.8. The Morgan fingerprint density at radius 2 is 2.00 bits per heavy atom. The second kappa shape index (κ2) is 5.38. The molecule has 0 unspecified atom stereocenters. The number of Topliss-reactive ketones (excluding diaryl/α,β-unsaturated/α-hetero) is 1. The molecule has 15 heavy (non-hydrogen) atoms. The van der Waals surface area contributed by atoms with Crippen LogP contribution in [0.5, 0.6) is 5.75 Å². The van der Waals surface area contributed by atoms with Gasteiger partial charge < -0.3 is 4.74 Å². The van der Waals surface area contributed by atoms with Crippen molar-refractivity contribution in [3.05, 3.63) is 27.7 Å². The van der Waals surface area contributed by atoms with Gasteiger partial charge in [-0.15, -0.1) is 0 Å². The SMILES string of the molecule is CCOc1c(Cl)cc(Cl)cc1C(=O)CC. The highest BCUT2D eigenvalue weighted by Crippen LogP contribution is 2.33. The Morgan fingerprint density at radius 3 is 2.53 bits per heavy atom. The predicted molar refractivity (Wildman–Crippen MR) is 62.3 cm³/mol. The van der Waals surface area contributed by atoms with E-state index in [9.17, 15) is 4.79 Å². The second-order valence-corrected chi connectivity index (χ2v) is 3.82. The molecule has 1 aromatic carbocycles. The van der Waals surface area contributed by atoms with E-state index in [1.807, 2.05) is 6.92 Å². The molecular formula is C11H12Cl2O2. The lowest BCUT2D eigenvalue weighted by Crippen LogP contribution is -2.03. The first-order chi connectivity index (χ1) is 7.10. The third-order valence-electron chi connectivity index (χ3n) is 1.92. The van der Waals surface area contributed by atoms with Gasteiger partial charge in [-0.3, -0.25) is 4.79 Å². The molecule has 2 nitrogen and oxygen atoms in total. The van der Waals surface area contributed by atoms with E-state index in [-0.39, 0.29) is 5.78 Å². The van der Waals surface area contributed by atoms with Crippen molar-refractivity contribution in [2.45, 2.75) is 20.3 Å². The van der Waals surface area contributed by atoms with Gasteiger partial charge in [-0.05, 0) is 19.1 Å². The fourth-order valence-electron chi connectivity index (χ4n) is 1.25. The van der Waals surface area contributed by atoms with Gasteiger partial charge in [-0.2, -0.15) is 0 Å². The Bertz CT molecular complexity index is 375. The van der Waals surface area contributed by atoms with Gasteiger partial charge in [0.15, 0.2) is 5.78 Å². The minimum Gasteiger partial charge on any atom is -0.492 e. The fraction of sp³-hybridized carbons (Fsp3) is 0.364. The quantitative estimate of drug-likeness (QED) is 0.752. The van der Waals surface area contributed by atoms with Crippen LogP contribution in [0.4, 0.5) is 0 Å². The van der Waals surface area contributed by atoms with Crippen molar-refractivity contribution >= 4 is 29.0 Å². The summed E-state index contributed by atoms with van der Waals surface area (Å²) in [6.45, 7) is 4.09. The number of halogens is 2. The van der Waals surface area contributed by atoms with Crippen molar-refractivity contribution in [2.24, 2.45) is 0 Å². The highest BCUT2D eigenvalue weighted by Gasteiger charge is 2.15. The lowest BCUT2D eigenvalue weighted by atomic mass is 10.1. The largest absolute Gasteiger partial charge is 0.492 e. The van der Waals surface area contributed by atoms with E-state index >= 15 is 0 Å². The van der Waals surface area contributed by atoms with Crippen LogP contribution in [-0.4, -0.2) is 12.4 Å². The molecule has 0 saturated heterocycles. The molecule has 0 atom stereocenters. The Hall–Kier alpha value is -0.730. The highest BCUT2D eigenvalue weighted by atomic mass is 35.5. The van der Waals surface area contributed by atoms with Crippen molar-refractivity contribution in [1.29, 1.82) is 0 Å². The number of rotatable bonds is 4. The first-order valence-electron chi connectivity index (χ1n) is 4.75. The van der Waals surface area contributed by atoms with Gasteiger partial charge in [-0.1, -0.05) is 30.1 Å². The Labute approximate surface area is 99.1 Å². The fourth-order valence-corrected chi connectivity index (χ4v) is 1.80. The normalized spacial score (nSPS) is 10.1. The third-order valence-corrected chi connectivity index (χ3v) is 2.42. The van der Waals surface area contributed by atoms with Gasteiger partial charge in [0.25, 0.3) is 0 Å². The van der Waals surface area contributed by atoms with Crippen LogP contribution in [0.3, 0.4) is 0 Å². The molecule has 0 radical (unpaired) electrons. The van der Waals surface area contributed by atoms with Crippen molar-refractivity contribution in [2.75, 3.05) is 6.61 Å². The number of ether oxygens (including phenoxy) is 1. The summed E-state index contributed by atoms with van der Waals surface area (Å²) in [6.07, 6.45) is 0.400. The van der Waals surface area contributed by atoms with E-state index in [1.54, 1.807) is 19.1 Å². The molecule has 0 saturated carbocycles. The molecule has 0 aliphatic carbocycles. The smallest absolute Gasteiger partial charge is 0.166 e. The standard InChI is InChI=1S/C11H12Cl2O2/c1-3-10(14)8-5-7(12)6-9(13)11(8)15-4-2/h5-6H,3-4H2,1-2H3. The van der Waals surface area contributed by atoms with Gasteiger partial charge in [0.05, 0.1) is 17.2 Å². The minimum atomic E-state index is -0.0251. The van der Waals surface area contributed by atoms with E-state index < -0.39 is 0 Å². The molecule has 4 heteroatoms. The highest BCUT2D eigenvalue weighted by molar-refractivity contribution is 6.36. The summed E-state index contributed by atoms with van der Waals surface area (Å²) in [5, 5.41) is 0.821. The van der Waals surface area contributed by atoms with Crippen molar-refractivity contribution in [1.82, 2.24) is 0 Å². The lowest BCUT2D eigenvalue weighted by Gasteiger charge is -2.11. The Kier molecular flexibility index (Phi) is 4.43. The zero-order valence-electron chi connectivity index (χ0n) is 8.64. The molecule has 0 N–H and O–H groups in total. The summed E-state index contributed by atoms with van der Waals surface area (Å²) in [5.74, 6) is 0.401. The van der Waals surface area contributed by atoms with Crippen LogP contribution < -0.4 is 4.74 Å². The summed E-state index contributed by atoms with van der Waals surface area (Å²) in [4.78, 5) is 11.6. The molecule has 0 aliphatic heterocycles. The van der Waals surface area contributed by atoms with Crippen LogP contribution in [0.1, 0.15) is 30.6 Å². The Morgan fingerprint density at radius 1 is 1.33 bits per heavy atom. The number of benzene rings is 1. The minimum absolute atomic E-state index is 0.0251. The van der Waals surface area contributed by atoms with Gasteiger partial charge in [0, 0.05) is 11.4 Å². The molecule has 0 bridgehead atoms. The van der Waals surface area contributed by atoms with E-state index in [0.29, 0.717) is 34.4 Å². The van der Waals surface area contributed by atoms with Crippen LogP contribution in [-0.2, 0) is 0 Å². The van der Waals surface area contributed by atoms with Crippen molar-refractivity contribution in [3.63, 3.8) is 0 Å². The molecule has 1 aromatic rings. The average molecular weight is 247 g/mol. The first kappa shape index (κ1) is 12.3. The van der Waals surface area contributed by atoms with Crippen LogP contribution in [0.15, 0.2) is 12.1 Å². The van der Waals surface area contributed by atoms with E-state index in [0.717, 1.165) is 0 Å². The number of hydrogen-bond donors (Lipinski definition) is 0. The molecule has 0 spiro atoms. The number of hydrogen-bond acceptors (Lipinski definition) is 2. The van der Waals surface area contributed by atoms with E-state index in [4.69, 9.17) is 27.9 Å². The van der Waals surface area contributed by atoms with Gasteiger partial charge in [-0.25, -0.2) is 0 Å². The number of ketones is 1. The molecule has 82 valence electrons. The molecule has 0 aromatic heterocycles. The number of carbonyl (C=O) groups excluding carboxylic acids is 1. The zero-order chi connectivity index (χ0) is 11.4. The van der Waals surface area contributed by atoms with Gasteiger partial charge in [0.2, 0.25) is 0 Å². The summed E-state index contributed by atoms with van der Waals surface area (Å²) < 4.78 is 5.33. The first-order valence-corrected chi connectivity index (χ1v) is 5.50. The number of carbonyl (C=O) groups is 1. The molecular weight excluding hydrogens is 235 g/mol. The zero-order valence-corrected chi connectivity index (χ0v) is 10.2. The van der Waals surface area contributed by atoms with Gasteiger partial charge in [0.1, 0.15) is 5.75 Å². The lowest BCUT2D eigenvalue weighted by molar-refractivity contribution is 0.0984. The average Bonchev–Trinajstić information content (AvgIpc) is 2.20. The molecule has 0 amide bonds. The summed E-state index contributed by atoms with van der Waals surface area (Å²) in [7, 11) is 0. The van der Waals surface area contributed by atoms with Crippen molar-refractivity contribution < 1.29 is 9.53 Å². The van der Waals surface area contributed by atoms with Crippen LogP contribution in [0.2, 0.25) is 10.0 Å². The van der Waals surface area contributed by atoms with Gasteiger partial charge >= 0.3 is 0 Å². The molecule has 0 fully saturated rings. The maximum Gasteiger partial charge on any atom is 0.166 e. The summed E-state index contributed by atoms with van der Waals surface area (Å²) in [5.41, 5.74) is 0.455. The van der Waals surface area contributed by atoms with Crippen molar-refractivity contribution in [3.8, 4) is 5.75 Å². The Balaban J connectivity index is 3.26. The topological polar surface area (TPSA) is 26.3 Å². The predicted octanol–water partition coefficient (Wildman–Crippen LogP) is 3.98. The molecule has 0 aliphatic rings. The van der Waals surface area contributed by atoms with E-state index in [1.165, 1.54) is 0 Å². The third kappa shape index (κ3) is 2.86. The molecule has 0 heterocycles.